The molecule has 0 spiro atoms. The Morgan fingerprint density at radius 3 is 2.47 bits per heavy atom. The minimum atomic E-state index is -0.580. The van der Waals surface area contributed by atoms with Crippen LogP contribution < -0.4 is 0 Å². The van der Waals surface area contributed by atoms with E-state index in [4.69, 9.17) is 9.47 Å². The maximum Gasteiger partial charge on any atom is 0.314 e. The number of methoxy groups -OCH3 is 2. The summed E-state index contributed by atoms with van der Waals surface area (Å²) >= 11 is 0. The van der Waals surface area contributed by atoms with Gasteiger partial charge in [0.05, 0.1) is 25.8 Å². The highest BCUT2D eigenvalue weighted by Crippen LogP contribution is 2.70. The lowest BCUT2D eigenvalue weighted by Gasteiger charge is -2.33. The van der Waals surface area contributed by atoms with E-state index in [-0.39, 0.29) is 28.9 Å². The second-order valence-electron chi connectivity index (χ2n) is 4.87. The predicted octanol–water partition coefficient (Wildman–Crippen LogP) is 1.74. The van der Waals surface area contributed by atoms with Crippen molar-refractivity contribution in [2.75, 3.05) is 20.4 Å². The van der Waals surface area contributed by atoms with Crippen molar-refractivity contribution in [3.63, 3.8) is 0 Å². The summed E-state index contributed by atoms with van der Waals surface area (Å²) in [5.74, 6) is 1.21. The quantitative estimate of drug-likeness (QED) is 0.557. The fraction of sp³-hybridized carbons (Fsp3) is 0.667. The molecule has 4 nitrogen and oxygen atoms in total. The van der Waals surface area contributed by atoms with Gasteiger partial charge in [0.15, 0.2) is 0 Å². The van der Waals surface area contributed by atoms with Crippen molar-refractivity contribution < 1.29 is 19.1 Å². The van der Waals surface area contributed by atoms with Gasteiger partial charge in [-0.2, -0.15) is 0 Å². The lowest BCUT2D eigenvalue weighted by Crippen LogP contribution is -2.41. The van der Waals surface area contributed by atoms with Crippen LogP contribution in [0.5, 0.6) is 0 Å². The first-order chi connectivity index (χ1) is 7.95. The molecule has 2 aliphatic rings. The Kier molecular flexibility index (Phi) is 3.03. The normalized spacial score (nSPS) is 38.8. The van der Waals surface area contributed by atoms with Crippen molar-refractivity contribution in [1.29, 1.82) is 0 Å². The fourth-order valence-electron chi connectivity index (χ4n) is 2.92. The van der Waals surface area contributed by atoms with Crippen LogP contribution in [0, 0.1) is 11.3 Å². The van der Waals surface area contributed by atoms with Gasteiger partial charge in [-0.3, -0.25) is 9.59 Å². The van der Waals surface area contributed by atoms with Crippen LogP contribution in [0.3, 0.4) is 0 Å². The summed E-state index contributed by atoms with van der Waals surface area (Å²) in [6.45, 7) is 4.08. The molecule has 0 aromatic rings. The number of esters is 2. The Hall–Kier alpha value is -0.890. The van der Waals surface area contributed by atoms with E-state index in [2.05, 4.69) is 5.82 Å². The number of hydrogen-bond acceptors (Lipinski definition) is 4. The summed E-state index contributed by atoms with van der Waals surface area (Å²) < 4.78 is 9.69. The van der Waals surface area contributed by atoms with E-state index < -0.39 is 7.92 Å². The summed E-state index contributed by atoms with van der Waals surface area (Å²) in [5, 5.41) is 0. The Balaban J connectivity index is 2.41. The van der Waals surface area contributed by atoms with Crippen molar-refractivity contribution in [3.05, 3.63) is 11.4 Å². The van der Waals surface area contributed by atoms with Gasteiger partial charge in [-0.1, -0.05) is 26.2 Å². The first kappa shape index (κ1) is 12.6. The van der Waals surface area contributed by atoms with Crippen molar-refractivity contribution in [1.82, 2.24) is 0 Å². The number of carbonyl (C=O) groups is 2. The van der Waals surface area contributed by atoms with Gasteiger partial charge in [-0.05, 0) is 13.1 Å². The maximum atomic E-state index is 11.9. The molecule has 0 N–H and O–H groups in total. The molecule has 4 unspecified atom stereocenters. The molecular weight excluding hydrogens is 239 g/mol. The molecule has 0 aliphatic carbocycles. The van der Waals surface area contributed by atoms with Crippen molar-refractivity contribution in [3.8, 4) is 0 Å². The standard InChI is InChI=1S/C12H17O4P/c1-7-5-17-6-12(7,2)8(10(13)15-3)9(17)11(14)16-4/h5,8-9H,6H2,1-4H3. The maximum absolute atomic E-state index is 11.9. The van der Waals surface area contributed by atoms with Crippen LogP contribution in [0.15, 0.2) is 11.4 Å². The third-order valence-electron chi connectivity index (χ3n) is 4.03. The zero-order chi connectivity index (χ0) is 12.8. The van der Waals surface area contributed by atoms with Crippen LogP contribution in [0.1, 0.15) is 13.8 Å². The van der Waals surface area contributed by atoms with Crippen molar-refractivity contribution >= 4 is 19.9 Å². The van der Waals surface area contributed by atoms with Gasteiger partial charge in [0.2, 0.25) is 0 Å². The number of rotatable bonds is 2. The Labute approximate surface area is 102 Å². The lowest BCUT2D eigenvalue weighted by molar-refractivity contribution is -0.154. The van der Waals surface area contributed by atoms with Crippen molar-refractivity contribution in [2.24, 2.45) is 11.3 Å². The molecule has 17 heavy (non-hydrogen) atoms. The molecule has 5 heteroatoms. The molecule has 94 valence electrons. The molecule has 0 amide bonds. The van der Waals surface area contributed by atoms with Crippen LogP contribution in [0.2, 0.25) is 0 Å². The Morgan fingerprint density at radius 2 is 1.94 bits per heavy atom. The van der Waals surface area contributed by atoms with E-state index in [9.17, 15) is 9.59 Å². The van der Waals surface area contributed by atoms with Crippen LogP contribution in [0.25, 0.3) is 0 Å². The van der Waals surface area contributed by atoms with Gasteiger partial charge < -0.3 is 9.47 Å². The number of fused-ring (bicyclic) bond motifs is 2. The highest BCUT2D eigenvalue weighted by atomic mass is 31.1. The van der Waals surface area contributed by atoms with Gasteiger partial charge in [0.25, 0.3) is 0 Å². The highest BCUT2D eigenvalue weighted by molar-refractivity contribution is 7.63. The molecule has 2 heterocycles. The summed E-state index contributed by atoms with van der Waals surface area (Å²) in [5.41, 5.74) is 0.660. The largest absolute Gasteiger partial charge is 0.469 e. The second kappa shape index (κ2) is 4.09. The van der Waals surface area contributed by atoms with E-state index in [1.807, 2.05) is 13.8 Å². The molecule has 2 rings (SSSR count). The van der Waals surface area contributed by atoms with Crippen LogP contribution in [-0.2, 0) is 19.1 Å². The van der Waals surface area contributed by atoms with E-state index in [0.717, 1.165) is 6.16 Å². The third-order valence-corrected chi connectivity index (χ3v) is 6.99. The monoisotopic (exact) mass is 256 g/mol. The summed E-state index contributed by atoms with van der Waals surface area (Å²) in [6, 6.07) is 0. The minimum Gasteiger partial charge on any atom is -0.469 e. The Bertz CT molecular complexity index is 403. The molecule has 0 aromatic carbocycles. The van der Waals surface area contributed by atoms with Crippen LogP contribution in [-0.4, -0.2) is 38.0 Å². The van der Waals surface area contributed by atoms with Gasteiger partial charge in [-0.15, -0.1) is 0 Å². The van der Waals surface area contributed by atoms with E-state index >= 15 is 0 Å². The first-order valence-electron chi connectivity index (χ1n) is 5.56. The summed E-state index contributed by atoms with van der Waals surface area (Å²) in [7, 11) is 2.17. The second-order valence-corrected chi connectivity index (χ2v) is 7.03. The van der Waals surface area contributed by atoms with Gasteiger partial charge in [0, 0.05) is 5.41 Å². The molecule has 1 fully saturated rings. The SMILES string of the molecule is COC(=O)C1C(C(=O)OC)C2(C)CP1C=C2C. The summed E-state index contributed by atoms with van der Waals surface area (Å²) in [6.07, 6.45) is 0.897. The van der Waals surface area contributed by atoms with Crippen LogP contribution in [0.4, 0.5) is 0 Å². The van der Waals surface area contributed by atoms with Crippen LogP contribution >= 0.6 is 7.92 Å². The fourth-order valence-corrected chi connectivity index (χ4v) is 6.57. The molecule has 0 saturated carbocycles. The molecular formula is C12H17O4P. The zero-order valence-electron chi connectivity index (χ0n) is 10.5. The Morgan fingerprint density at radius 1 is 1.35 bits per heavy atom. The predicted molar refractivity (Wildman–Crippen MR) is 65.0 cm³/mol. The lowest BCUT2D eigenvalue weighted by atomic mass is 9.72. The highest BCUT2D eigenvalue weighted by Gasteiger charge is 2.61. The topological polar surface area (TPSA) is 52.6 Å². The summed E-state index contributed by atoms with van der Waals surface area (Å²) in [4.78, 5) is 23.8. The average molecular weight is 256 g/mol. The molecule has 2 aliphatic heterocycles. The first-order valence-corrected chi connectivity index (χ1v) is 7.22. The minimum absolute atomic E-state index is 0.225. The smallest absolute Gasteiger partial charge is 0.314 e. The van der Waals surface area contributed by atoms with Crippen molar-refractivity contribution in [2.45, 2.75) is 19.5 Å². The molecule has 1 saturated heterocycles. The number of carbonyl (C=O) groups excluding carboxylic acids is 2. The van der Waals surface area contributed by atoms with Gasteiger partial charge in [-0.25, -0.2) is 0 Å². The molecule has 0 radical (unpaired) electrons. The number of allylic oxidation sites excluding steroid dienone is 1. The van der Waals surface area contributed by atoms with Gasteiger partial charge in [0.1, 0.15) is 0 Å². The zero-order valence-corrected chi connectivity index (χ0v) is 11.4. The number of ether oxygens (including phenoxy) is 2. The van der Waals surface area contributed by atoms with E-state index in [0.29, 0.717) is 0 Å². The molecule has 4 atom stereocenters. The average Bonchev–Trinajstić information content (AvgIpc) is 2.76. The van der Waals surface area contributed by atoms with E-state index in [1.165, 1.54) is 19.8 Å². The molecule has 0 aromatic heterocycles. The molecule has 2 bridgehead atoms. The number of hydrogen-bond donors (Lipinski definition) is 0. The van der Waals surface area contributed by atoms with E-state index in [1.54, 1.807) is 0 Å². The third kappa shape index (κ3) is 1.61. The van der Waals surface area contributed by atoms with Gasteiger partial charge >= 0.3 is 11.9 Å².